The molecular weight excluding hydrogens is 336 g/mol. The number of nitrogens with one attached hydrogen (secondary N) is 1. The topological polar surface area (TPSA) is 75.4 Å². The summed E-state index contributed by atoms with van der Waals surface area (Å²) in [5, 5.41) is 14.8. The van der Waals surface area contributed by atoms with Crippen LogP contribution in [-0.4, -0.2) is 22.6 Å². The predicted octanol–water partition coefficient (Wildman–Crippen LogP) is 3.52. The van der Waals surface area contributed by atoms with Gasteiger partial charge in [0.25, 0.3) is 5.91 Å². The number of nitrogens with zero attached hydrogens (tertiary/aromatic N) is 1. The molecule has 0 fully saturated rings. The maximum absolute atomic E-state index is 12.5. The summed E-state index contributed by atoms with van der Waals surface area (Å²) in [6, 6.07) is 10.1. The minimum Gasteiger partial charge on any atom is -0.442 e. The largest absolute Gasteiger partial charge is 0.442 e. The van der Waals surface area contributed by atoms with Crippen molar-refractivity contribution in [1.29, 1.82) is 0 Å². The second-order valence-electron chi connectivity index (χ2n) is 4.77. The molecule has 2 N–H and O–H groups in total. The van der Waals surface area contributed by atoms with Crippen LogP contribution in [0.4, 0.5) is 0 Å². The molecule has 0 spiro atoms. The molecule has 0 aliphatic heterocycles. The van der Waals surface area contributed by atoms with Crippen LogP contribution < -0.4 is 5.32 Å². The third kappa shape index (κ3) is 3.44. The Morgan fingerprint density at radius 2 is 2.13 bits per heavy atom. The van der Waals surface area contributed by atoms with E-state index >= 15 is 0 Å². The van der Waals surface area contributed by atoms with Gasteiger partial charge in [-0.25, -0.2) is 4.98 Å². The molecule has 1 aromatic carbocycles. The van der Waals surface area contributed by atoms with Crippen LogP contribution in [0.15, 0.2) is 52.6 Å². The lowest BCUT2D eigenvalue weighted by molar-refractivity contribution is 0.0912. The van der Waals surface area contributed by atoms with Crippen molar-refractivity contribution in [3.05, 3.63) is 64.5 Å². The quantitative estimate of drug-likeness (QED) is 0.739. The summed E-state index contributed by atoms with van der Waals surface area (Å²) in [5.41, 5.74) is 0.950. The Bertz CT molecular complexity index is 784. The van der Waals surface area contributed by atoms with Crippen molar-refractivity contribution in [1.82, 2.24) is 10.3 Å². The molecule has 118 valence electrons. The lowest BCUT2D eigenvalue weighted by Gasteiger charge is -2.16. The van der Waals surface area contributed by atoms with Gasteiger partial charge >= 0.3 is 0 Å². The van der Waals surface area contributed by atoms with Gasteiger partial charge in [-0.2, -0.15) is 0 Å². The molecule has 2 heterocycles. The zero-order valence-corrected chi connectivity index (χ0v) is 13.5. The molecule has 5 nitrogen and oxygen atoms in total. The number of rotatable bonds is 5. The molecule has 3 rings (SSSR count). The number of carbonyl (C=O) groups is 1. The summed E-state index contributed by atoms with van der Waals surface area (Å²) in [4.78, 5) is 17.3. The number of amides is 1. The number of thiophene rings is 1. The molecule has 0 aliphatic carbocycles. The normalized spacial score (nSPS) is 12.1. The van der Waals surface area contributed by atoms with Crippen molar-refractivity contribution in [3.8, 4) is 10.6 Å². The predicted molar refractivity (Wildman–Crippen MR) is 88.6 cm³/mol. The Morgan fingerprint density at radius 1 is 1.35 bits per heavy atom. The van der Waals surface area contributed by atoms with E-state index in [1.165, 1.54) is 17.7 Å². The highest BCUT2D eigenvalue weighted by Gasteiger charge is 2.22. The smallest absolute Gasteiger partial charge is 0.274 e. The van der Waals surface area contributed by atoms with Gasteiger partial charge in [0.15, 0.2) is 17.8 Å². The molecule has 0 aliphatic rings. The van der Waals surface area contributed by atoms with Gasteiger partial charge in [-0.05, 0) is 29.1 Å². The molecule has 2 aromatic heterocycles. The number of hydrogen-bond acceptors (Lipinski definition) is 5. The summed E-state index contributed by atoms with van der Waals surface area (Å²) in [6.45, 7) is -0.237. The van der Waals surface area contributed by atoms with Gasteiger partial charge in [0.05, 0.1) is 17.5 Å². The Hall–Kier alpha value is -2.15. The molecule has 1 atom stereocenters. The summed E-state index contributed by atoms with van der Waals surface area (Å²) < 4.78 is 5.33. The second kappa shape index (κ2) is 6.95. The van der Waals surface area contributed by atoms with E-state index in [2.05, 4.69) is 10.3 Å². The van der Waals surface area contributed by atoms with Gasteiger partial charge in [0.2, 0.25) is 0 Å². The Morgan fingerprint density at radius 3 is 2.78 bits per heavy atom. The van der Waals surface area contributed by atoms with Crippen molar-refractivity contribution in [3.63, 3.8) is 0 Å². The monoisotopic (exact) mass is 348 g/mol. The number of aliphatic hydroxyl groups excluding tert-OH is 1. The minimum absolute atomic E-state index is 0.194. The van der Waals surface area contributed by atoms with Gasteiger partial charge in [-0.15, -0.1) is 11.3 Å². The molecule has 0 bridgehead atoms. The van der Waals surface area contributed by atoms with Crippen LogP contribution in [0.25, 0.3) is 10.6 Å². The molecule has 1 unspecified atom stereocenters. The lowest BCUT2D eigenvalue weighted by atomic mass is 10.1. The Labute approximate surface area is 141 Å². The van der Waals surface area contributed by atoms with Gasteiger partial charge < -0.3 is 14.8 Å². The van der Waals surface area contributed by atoms with Gasteiger partial charge in [0.1, 0.15) is 0 Å². The molecule has 3 aromatic rings. The van der Waals surface area contributed by atoms with Crippen molar-refractivity contribution in [2.45, 2.75) is 6.04 Å². The van der Waals surface area contributed by atoms with Crippen molar-refractivity contribution >= 4 is 28.8 Å². The highest BCUT2D eigenvalue weighted by Crippen LogP contribution is 2.28. The van der Waals surface area contributed by atoms with Gasteiger partial charge in [-0.3, -0.25) is 4.79 Å². The summed E-state index contributed by atoms with van der Waals surface area (Å²) in [7, 11) is 0. The summed E-state index contributed by atoms with van der Waals surface area (Å²) in [6.07, 6.45) is 1.24. The van der Waals surface area contributed by atoms with Crippen molar-refractivity contribution < 1.29 is 14.3 Å². The van der Waals surface area contributed by atoms with Crippen LogP contribution in [0.3, 0.4) is 0 Å². The second-order valence-corrected chi connectivity index (χ2v) is 6.15. The number of hydrogen-bond donors (Lipinski definition) is 2. The lowest BCUT2D eigenvalue weighted by Crippen LogP contribution is -2.31. The van der Waals surface area contributed by atoms with Gasteiger partial charge in [0, 0.05) is 5.02 Å². The fourth-order valence-electron chi connectivity index (χ4n) is 2.15. The summed E-state index contributed by atoms with van der Waals surface area (Å²) >= 11 is 7.31. The Balaban J connectivity index is 1.81. The average molecular weight is 349 g/mol. The van der Waals surface area contributed by atoms with Crippen LogP contribution in [0.5, 0.6) is 0 Å². The number of oxazole rings is 1. The van der Waals surface area contributed by atoms with E-state index in [0.717, 1.165) is 10.4 Å². The number of carbonyl (C=O) groups excluding carboxylic acids is 1. The van der Waals surface area contributed by atoms with E-state index < -0.39 is 11.9 Å². The maximum atomic E-state index is 12.5. The molecule has 7 heteroatoms. The first-order chi connectivity index (χ1) is 11.2. The standard InChI is InChI=1S/C16H13ClN2O3S/c17-11-5-3-10(4-6-11)12(8-20)19-16(21)14-15(22-9-18-14)13-2-1-7-23-13/h1-7,9,12,20H,8H2,(H,19,21). The number of aromatic nitrogens is 1. The van der Waals surface area contributed by atoms with Gasteiger partial charge in [-0.1, -0.05) is 29.8 Å². The first kappa shape index (κ1) is 15.7. The highest BCUT2D eigenvalue weighted by molar-refractivity contribution is 7.13. The first-order valence-corrected chi connectivity index (χ1v) is 8.09. The maximum Gasteiger partial charge on any atom is 0.274 e. The molecule has 23 heavy (non-hydrogen) atoms. The first-order valence-electron chi connectivity index (χ1n) is 6.83. The van der Waals surface area contributed by atoms with E-state index in [0.29, 0.717) is 10.8 Å². The molecule has 0 saturated heterocycles. The molecule has 1 amide bonds. The fourth-order valence-corrected chi connectivity index (χ4v) is 2.99. The van der Waals surface area contributed by atoms with E-state index in [9.17, 15) is 9.90 Å². The van der Waals surface area contributed by atoms with Crippen molar-refractivity contribution in [2.24, 2.45) is 0 Å². The number of benzene rings is 1. The number of aliphatic hydroxyl groups is 1. The van der Waals surface area contributed by atoms with E-state index in [-0.39, 0.29) is 12.3 Å². The van der Waals surface area contributed by atoms with Crippen molar-refractivity contribution in [2.75, 3.05) is 6.61 Å². The molecule has 0 radical (unpaired) electrons. The van der Waals surface area contributed by atoms with Crippen LogP contribution in [0, 0.1) is 0 Å². The van der Waals surface area contributed by atoms with E-state index in [4.69, 9.17) is 16.0 Å². The third-order valence-corrected chi connectivity index (χ3v) is 4.41. The zero-order chi connectivity index (χ0) is 16.2. The van der Waals surface area contributed by atoms with E-state index in [1.54, 1.807) is 24.3 Å². The molecule has 0 saturated carbocycles. The van der Waals surface area contributed by atoms with E-state index in [1.807, 2.05) is 17.5 Å². The minimum atomic E-state index is -0.548. The average Bonchev–Trinajstić information content (AvgIpc) is 3.23. The zero-order valence-electron chi connectivity index (χ0n) is 11.9. The summed E-state index contributed by atoms with van der Waals surface area (Å²) in [5.74, 6) is 0.0152. The molecular formula is C16H13ClN2O3S. The van der Waals surface area contributed by atoms with Crippen LogP contribution in [0.2, 0.25) is 5.02 Å². The van der Waals surface area contributed by atoms with Crippen LogP contribution >= 0.6 is 22.9 Å². The SMILES string of the molecule is O=C(NC(CO)c1ccc(Cl)cc1)c1ncoc1-c1cccs1. The third-order valence-electron chi connectivity index (χ3n) is 3.29. The Kier molecular flexibility index (Phi) is 4.76. The highest BCUT2D eigenvalue weighted by atomic mass is 35.5. The fraction of sp³-hybridized carbons (Fsp3) is 0.125. The van der Waals surface area contributed by atoms with Crippen LogP contribution in [0.1, 0.15) is 22.1 Å². The number of halogens is 1. The van der Waals surface area contributed by atoms with Crippen LogP contribution in [-0.2, 0) is 0 Å².